The molecule has 1 fully saturated rings. The van der Waals surface area contributed by atoms with Crippen molar-refractivity contribution in [3.8, 4) is 0 Å². The van der Waals surface area contributed by atoms with Gasteiger partial charge in [0.25, 0.3) is 0 Å². The maximum atomic E-state index is 13.4. The van der Waals surface area contributed by atoms with Crippen molar-refractivity contribution in [2.45, 2.75) is 31.9 Å². The molecule has 17 heavy (non-hydrogen) atoms. The smallest absolute Gasteiger partial charge is 0.149 e. The zero-order valence-corrected chi connectivity index (χ0v) is 11.1. The van der Waals surface area contributed by atoms with Gasteiger partial charge in [0.15, 0.2) is 0 Å². The fourth-order valence-corrected chi connectivity index (χ4v) is 2.25. The molecule has 0 aliphatic heterocycles. The fraction of sp³-hybridized carbons (Fsp3) is 0.500. The molecular weight excluding hydrogens is 292 g/mol. The minimum Gasteiger partial charge on any atom is -0.380 e. The van der Waals surface area contributed by atoms with E-state index < -0.39 is 11.6 Å². The number of hydrogen-bond acceptors (Lipinski definition) is 2. The fourth-order valence-electron chi connectivity index (χ4n) is 1.91. The van der Waals surface area contributed by atoms with Crippen LogP contribution in [0.15, 0.2) is 16.6 Å². The Kier molecular flexibility index (Phi) is 3.99. The lowest BCUT2D eigenvalue weighted by atomic mass is 9.89. The normalized spacial score (nSPS) is 23.3. The number of halogens is 3. The van der Waals surface area contributed by atoms with Gasteiger partial charge in [-0.1, -0.05) is 0 Å². The Hall–Kier alpha value is -0.680. The van der Waals surface area contributed by atoms with Gasteiger partial charge in [0.1, 0.15) is 11.6 Å². The van der Waals surface area contributed by atoms with Crippen LogP contribution in [0.2, 0.25) is 0 Å². The van der Waals surface area contributed by atoms with Crippen LogP contribution < -0.4 is 5.32 Å². The van der Waals surface area contributed by atoms with Gasteiger partial charge in [-0.2, -0.15) is 0 Å². The quantitative estimate of drug-likeness (QED) is 0.856. The summed E-state index contributed by atoms with van der Waals surface area (Å²) >= 11 is 3.04. The summed E-state index contributed by atoms with van der Waals surface area (Å²) in [5, 5.41) is 3.05. The Morgan fingerprint density at radius 3 is 2.71 bits per heavy atom. The van der Waals surface area contributed by atoms with Gasteiger partial charge < -0.3 is 10.1 Å². The maximum absolute atomic E-state index is 13.4. The summed E-state index contributed by atoms with van der Waals surface area (Å²) < 4.78 is 32.1. The zero-order chi connectivity index (χ0) is 12.4. The lowest BCUT2D eigenvalue weighted by Crippen LogP contribution is -2.41. The van der Waals surface area contributed by atoms with E-state index in [2.05, 4.69) is 21.2 Å². The molecule has 0 unspecified atom stereocenters. The Morgan fingerprint density at radius 2 is 2.06 bits per heavy atom. The summed E-state index contributed by atoms with van der Waals surface area (Å²) in [4.78, 5) is 0. The van der Waals surface area contributed by atoms with Crippen LogP contribution in [0.3, 0.4) is 0 Å². The van der Waals surface area contributed by atoms with Crippen LogP contribution in [-0.4, -0.2) is 18.8 Å². The molecule has 94 valence electrons. The lowest BCUT2D eigenvalue weighted by molar-refractivity contribution is 0.00293. The van der Waals surface area contributed by atoms with Gasteiger partial charge in [-0.3, -0.25) is 0 Å². The van der Waals surface area contributed by atoms with E-state index in [9.17, 15) is 8.78 Å². The first-order valence-electron chi connectivity index (χ1n) is 5.62. The predicted octanol–water partition coefficient (Wildman–Crippen LogP) is 3.71. The third-order valence-corrected chi connectivity index (χ3v) is 3.47. The summed E-state index contributed by atoms with van der Waals surface area (Å²) in [5.41, 5.74) is 0.332. The molecule has 2 nitrogen and oxygen atoms in total. The molecule has 0 amide bonds. The van der Waals surface area contributed by atoms with Crippen LogP contribution >= 0.6 is 15.9 Å². The molecule has 0 atom stereocenters. The van der Waals surface area contributed by atoms with E-state index >= 15 is 0 Å². The number of hydrogen-bond donors (Lipinski definition) is 1. The molecule has 1 aromatic rings. The largest absolute Gasteiger partial charge is 0.380 e. The average molecular weight is 306 g/mol. The van der Waals surface area contributed by atoms with E-state index in [1.54, 1.807) is 0 Å². The summed E-state index contributed by atoms with van der Waals surface area (Å²) in [6.07, 6.45) is 1.99. The first-order valence-corrected chi connectivity index (χ1v) is 6.42. The van der Waals surface area contributed by atoms with E-state index in [1.165, 1.54) is 6.07 Å². The molecule has 5 heteroatoms. The van der Waals surface area contributed by atoms with E-state index in [-0.39, 0.29) is 16.6 Å². The first kappa shape index (κ1) is 12.8. The topological polar surface area (TPSA) is 21.3 Å². The van der Waals surface area contributed by atoms with Crippen LogP contribution in [0.1, 0.15) is 19.8 Å². The van der Waals surface area contributed by atoms with Gasteiger partial charge in [-0.25, -0.2) is 8.78 Å². The highest BCUT2D eigenvalue weighted by Gasteiger charge is 2.30. The second-order valence-electron chi connectivity index (χ2n) is 4.14. The third-order valence-electron chi connectivity index (χ3n) is 2.87. The predicted molar refractivity (Wildman–Crippen MR) is 66.1 cm³/mol. The highest BCUT2D eigenvalue weighted by molar-refractivity contribution is 9.10. The molecule has 0 heterocycles. The summed E-state index contributed by atoms with van der Waals surface area (Å²) in [5.74, 6) is -1.15. The number of ether oxygens (including phenoxy) is 1. The van der Waals surface area contributed by atoms with E-state index in [0.717, 1.165) is 18.9 Å². The molecule has 1 N–H and O–H groups in total. The van der Waals surface area contributed by atoms with E-state index in [4.69, 9.17) is 4.74 Å². The Bertz CT molecular complexity index is 408. The summed E-state index contributed by atoms with van der Waals surface area (Å²) in [6.45, 7) is 2.66. The van der Waals surface area contributed by atoms with Crippen molar-refractivity contribution >= 4 is 21.6 Å². The van der Waals surface area contributed by atoms with Crippen molar-refractivity contribution < 1.29 is 13.5 Å². The van der Waals surface area contributed by atoms with Gasteiger partial charge in [-0.05, 0) is 41.8 Å². The Labute approximate surface area is 107 Å². The third kappa shape index (κ3) is 2.96. The standard InChI is InChI=1S/C12H14BrF2NO/c1-2-17-8-3-7(4-8)16-12-5-9(13)10(14)6-11(12)15/h5-8,16H,2-4H2,1H3. The van der Waals surface area contributed by atoms with Crippen molar-refractivity contribution in [1.82, 2.24) is 0 Å². The van der Waals surface area contributed by atoms with Crippen LogP contribution in [-0.2, 0) is 4.74 Å². The summed E-state index contributed by atoms with van der Waals surface area (Å²) in [7, 11) is 0. The van der Waals surface area contributed by atoms with E-state index in [1.807, 2.05) is 6.92 Å². The minimum absolute atomic E-state index is 0.207. The minimum atomic E-state index is -0.589. The number of nitrogens with one attached hydrogen (secondary N) is 1. The molecule has 0 aromatic heterocycles. The lowest BCUT2D eigenvalue weighted by Gasteiger charge is -2.36. The molecular formula is C12H14BrF2NO. The van der Waals surface area contributed by atoms with Gasteiger partial charge >= 0.3 is 0 Å². The van der Waals surface area contributed by atoms with Gasteiger partial charge in [-0.15, -0.1) is 0 Å². The first-order chi connectivity index (χ1) is 8.10. The second-order valence-corrected chi connectivity index (χ2v) is 4.99. The van der Waals surface area contributed by atoms with Crippen molar-refractivity contribution in [3.63, 3.8) is 0 Å². The molecule has 1 aromatic carbocycles. The van der Waals surface area contributed by atoms with Crippen LogP contribution in [0, 0.1) is 11.6 Å². The monoisotopic (exact) mass is 305 g/mol. The van der Waals surface area contributed by atoms with Crippen LogP contribution in [0.25, 0.3) is 0 Å². The number of benzene rings is 1. The van der Waals surface area contributed by atoms with Gasteiger partial charge in [0, 0.05) is 18.7 Å². The van der Waals surface area contributed by atoms with Crippen LogP contribution in [0.4, 0.5) is 14.5 Å². The van der Waals surface area contributed by atoms with Crippen molar-refractivity contribution in [1.29, 1.82) is 0 Å². The molecule has 1 saturated carbocycles. The Morgan fingerprint density at radius 1 is 1.35 bits per heavy atom. The number of anilines is 1. The maximum Gasteiger partial charge on any atom is 0.149 e. The summed E-state index contributed by atoms with van der Waals surface area (Å²) in [6, 6.07) is 2.52. The molecule has 0 radical (unpaired) electrons. The average Bonchev–Trinajstić information content (AvgIpc) is 2.22. The van der Waals surface area contributed by atoms with Gasteiger partial charge in [0.05, 0.1) is 16.3 Å². The molecule has 0 saturated heterocycles. The molecule has 0 spiro atoms. The van der Waals surface area contributed by atoms with Crippen LogP contribution in [0.5, 0.6) is 0 Å². The highest BCUT2D eigenvalue weighted by Crippen LogP contribution is 2.30. The second kappa shape index (κ2) is 5.31. The highest BCUT2D eigenvalue weighted by atomic mass is 79.9. The molecule has 0 bridgehead atoms. The molecule has 1 aliphatic carbocycles. The van der Waals surface area contributed by atoms with Crippen molar-refractivity contribution in [3.05, 3.63) is 28.2 Å². The van der Waals surface area contributed by atoms with Crippen molar-refractivity contribution in [2.24, 2.45) is 0 Å². The van der Waals surface area contributed by atoms with Gasteiger partial charge in [0.2, 0.25) is 0 Å². The SMILES string of the molecule is CCOC1CC(Nc2cc(Br)c(F)cc2F)C1. The molecule has 2 rings (SSSR count). The zero-order valence-electron chi connectivity index (χ0n) is 9.47. The van der Waals surface area contributed by atoms with E-state index in [0.29, 0.717) is 12.3 Å². The Balaban J connectivity index is 1.94. The molecule has 1 aliphatic rings. The number of rotatable bonds is 4. The van der Waals surface area contributed by atoms with Crippen molar-refractivity contribution in [2.75, 3.05) is 11.9 Å².